The molecule has 0 radical (unpaired) electrons. The highest BCUT2D eigenvalue weighted by molar-refractivity contribution is 5.69. The van der Waals surface area contributed by atoms with Gasteiger partial charge in [-0.05, 0) is 52.4 Å². The van der Waals surface area contributed by atoms with Crippen molar-refractivity contribution in [3.63, 3.8) is 0 Å². The van der Waals surface area contributed by atoms with E-state index < -0.39 is 5.60 Å². The Morgan fingerprint density at radius 2 is 2.04 bits per heavy atom. The summed E-state index contributed by atoms with van der Waals surface area (Å²) in [6.45, 7) is 6.45. The highest BCUT2D eigenvalue weighted by Gasteiger charge is 2.44. The molecular formula is C16H23N5O2. The molecular weight excluding hydrogens is 294 g/mol. The molecule has 2 unspecified atom stereocenters. The van der Waals surface area contributed by atoms with Crippen LogP contribution in [0.3, 0.4) is 0 Å². The van der Waals surface area contributed by atoms with Gasteiger partial charge in [0.25, 0.3) is 5.82 Å². The number of piperidine rings is 1. The number of nitriles is 1. The predicted molar refractivity (Wildman–Crippen MR) is 82.3 cm³/mol. The van der Waals surface area contributed by atoms with Gasteiger partial charge in [0, 0.05) is 18.6 Å². The highest BCUT2D eigenvalue weighted by atomic mass is 16.6. The van der Waals surface area contributed by atoms with E-state index in [4.69, 9.17) is 10.00 Å². The van der Waals surface area contributed by atoms with E-state index in [9.17, 15) is 4.79 Å². The second-order valence-electron chi connectivity index (χ2n) is 7.51. The minimum atomic E-state index is -0.457. The summed E-state index contributed by atoms with van der Waals surface area (Å²) in [5, 5.41) is 12.9. The Hall–Kier alpha value is -2.10. The number of hydrogen-bond donors (Lipinski definition) is 0. The van der Waals surface area contributed by atoms with Crippen LogP contribution in [0.5, 0.6) is 0 Å². The number of carbonyl (C=O) groups is 1. The quantitative estimate of drug-likeness (QED) is 0.836. The molecule has 3 heterocycles. The third-order valence-corrected chi connectivity index (χ3v) is 4.52. The first-order valence-electron chi connectivity index (χ1n) is 8.16. The monoisotopic (exact) mass is 317 g/mol. The molecule has 2 atom stereocenters. The van der Waals surface area contributed by atoms with Gasteiger partial charge in [0.15, 0.2) is 0 Å². The number of fused-ring (bicyclic) bond motifs is 2. The molecule has 1 aromatic heterocycles. The zero-order chi connectivity index (χ0) is 16.6. The van der Waals surface area contributed by atoms with Gasteiger partial charge in [0.05, 0.1) is 0 Å². The van der Waals surface area contributed by atoms with Crippen LogP contribution in [-0.2, 0) is 11.3 Å². The summed E-state index contributed by atoms with van der Waals surface area (Å²) in [7, 11) is 0. The standard InChI is InChI=1S/C16H23N5O2/c1-16(2,3)23-15(22)21-12-4-5-13(21)7-11(6-12)9-20-10-18-14(8-17)19-20/h10-13H,4-7,9H2,1-3H3. The topological polar surface area (TPSA) is 84.0 Å². The lowest BCUT2D eigenvalue weighted by atomic mass is 9.91. The molecule has 0 N–H and O–H groups in total. The molecule has 0 saturated carbocycles. The number of rotatable bonds is 2. The maximum Gasteiger partial charge on any atom is 0.410 e. The first kappa shape index (κ1) is 15.8. The molecule has 1 aromatic rings. The zero-order valence-corrected chi connectivity index (χ0v) is 13.9. The van der Waals surface area contributed by atoms with Crippen LogP contribution in [0.15, 0.2) is 6.33 Å². The van der Waals surface area contributed by atoms with E-state index in [1.165, 1.54) is 0 Å². The second kappa shape index (κ2) is 5.84. The minimum absolute atomic E-state index is 0.184. The van der Waals surface area contributed by atoms with Gasteiger partial charge in [-0.3, -0.25) is 4.68 Å². The SMILES string of the molecule is CC(C)(C)OC(=O)N1C2CCC1CC(Cn1cnc(C#N)n1)C2. The van der Waals surface area contributed by atoms with Crippen LogP contribution in [0.25, 0.3) is 0 Å². The average Bonchev–Trinajstić information content (AvgIpc) is 3.00. The summed E-state index contributed by atoms with van der Waals surface area (Å²) < 4.78 is 7.29. The first-order valence-corrected chi connectivity index (χ1v) is 8.16. The Kier molecular flexibility index (Phi) is 4.00. The largest absolute Gasteiger partial charge is 0.444 e. The van der Waals surface area contributed by atoms with Crippen molar-refractivity contribution in [1.82, 2.24) is 19.7 Å². The van der Waals surface area contributed by atoms with Gasteiger partial charge in [0.2, 0.25) is 0 Å². The lowest BCUT2D eigenvalue weighted by molar-refractivity contribution is 0.000928. The molecule has 2 bridgehead atoms. The second-order valence-corrected chi connectivity index (χ2v) is 7.51. The van der Waals surface area contributed by atoms with E-state index in [0.29, 0.717) is 5.92 Å². The van der Waals surface area contributed by atoms with Gasteiger partial charge in [0.1, 0.15) is 18.0 Å². The lowest BCUT2D eigenvalue weighted by Gasteiger charge is -2.39. The molecule has 0 spiro atoms. The van der Waals surface area contributed by atoms with Crippen molar-refractivity contribution in [1.29, 1.82) is 5.26 Å². The van der Waals surface area contributed by atoms with E-state index in [2.05, 4.69) is 10.1 Å². The number of amides is 1. The van der Waals surface area contributed by atoms with Crippen molar-refractivity contribution >= 4 is 6.09 Å². The Labute approximate surface area is 136 Å². The van der Waals surface area contributed by atoms with Crippen molar-refractivity contribution in [2.45, 2.75) is 70.7 Å². The van der Waals surface area contributed by atoms with E-state index in [1.807, 2.05) is 31.7 Å². The van der Waals surface area contributed by atoms with E-state index in [1.54, 1.807) is 11.0 Å². The van der Waals surface area contributed by atoms with Gasteiger partial charge >= 0.3 is 6.09 Å². The van der Waals surface area contributed by atoms with Crippen LogP contribution in [0.1, 0.15) is 52.3 Å². The smallest absolute Gasteiger partial charge is 0.410 e. The summed E-state index contributed by atoms with van der Waals surface area (Å²) in [5.74, 6) is 0.665. The maximum atomic E-state index is 12.4. The number of ether oxygens (including phenoxy) is 1. The highest BCUT2D eigenvalue weighted by Crippen LogP contribution is 2.40. The van der Waals surface area contributed by atoms with Crippen LogP contribution in [0.4, 0.5) is 4.79 Å². The average molecular weight is 317 g/mol. The van der Waals surface area contributed by atoms with Gasteiger partial charge in [-0.25, -0.2) is 9.78 Å². The fourth-order valence-corrected chi connectivity index (χ4v) is 3.75. The summed E-state index contributed by atoms with van der Waals surface area (Å²) >= 11 is 0. The Morgan fingerprint density at radius 1 is 1.39 bits per heavy atom. The molecule has 124 valence electrons. The third kappa shape index (κ3) is 3.46. The maximum absolute atomic E-state index is 12.4. The van der Waals surface area contributed by atoms with Gasteiger partial charge in [-0.2, -0.15) is 5.26 Å². The fourth-order valence-electron chi connectivity index (χ4n) is 3.75. The Balaban J connectivity index is 1.62. The van der Waals surface area contributed by atoms with Crippen LogP contribution in [0.2, 0.25) is 0 Å². The lowest BCUT2D eigenvalue weighted by Crippen LogP contribution is -2.49. The number of aromatic nitrogens is 3. The number of nitrogens with zero attached hydrogens (tertiary/aromatic N) is 5. The zero-order valence-electron chi connectivity index (χ0n) is 13.9. The van der Waals surface area contributed by atoms with Crippen molar-refractivity contribution in [2.75, 3.05) is 0 Å². The summed E-state index contributed by atoms with van der Waals surface area (Å²) in [5.41, 5.74) is -0.457. The summed E-state index contributed by atoms with van der Waals surface area (Å²) in [6, 6.07) is 2.46. The molecule has 7 heteroatoms. The minimum Gasteiger partial charge on any atom is -0.444 e. The normalized spacial score (nSPS) is 26.9. The van der Waals surface area contributed by atoms with Crippen LogP contribution >= 0.6 is 0 Å². The molecule has 2 saturated heterocycles. The molecule has 7 nitrogen and oxygen atoms in total. The van der Waals surface area contributed by atoms with Gasteiger partial charge < -0.3 is 9.64 Å². The molecule has 1 amide bonds. The Bertz CT molecular complexity index is 613. The Morgan fingerprint density at radius 3 is 2.57 bits per heavy atom. The van der Waals surface area contributed by atoms with Crippen molar-refractivity contribution in [2.24, 2.45) is 5.92 Å². The fraction of sp³-hybridized carbons (Fsp3) is 0.750. The van der Waals surface area contributed by atoms with E-state index in [0.717, 1.165) is 32.2 Å². The molecule has 23 heavy (non-hydrogen) atoms. The molecule has 2 aliphatic rings. The molecule has 0 aromatic carbocycles. The predicted octanol–water partition coefficient (Wildman–Crippen LogP) is 2.33. The molecule has 2 fully saturated rings. The van der Waals surface area contributed by atoms with Crippen molar-refractivity contribution < 1.29 is 9.53 Å². The van der Waals surface area contributed by atoms with E-state index >= 15 is 0 Å². The summed E-state index contributed by atoms with van der Waals surface area (Å²) in [4.78, 5) is 18.3. The molecule has 3 rings (SSSR count). The van der Waals surface area contributed by atoms with Crippen molar-refractivity contribution in [3.8, 4) is 6.07 Å². The summed E-state index contributed by atoms with van der Waals surface area (Å²) in [6.07, 6.45) is 5.42. The third-order valence-electron chi connectivity index (χ3n) is 4.52. The van der Waals surface area contributed by atoms with Gasteiger partial charge in [-0.15, -0.1) is 5.10 Å². The van der Waals surface area contributed by atoms with Gasteiger partial charge in [-0.1, -0.05) is 0 Å². The number of hydrogen-bond acceptors (Lipinski definition) is 5. The molecule has 0 aliphatic carbocycles. The van der Waals surface area contributed by atoms with E-state index in [-0.39, 0.29) is 24.0 Å². The van der Waals surface area contributed by atoms with Crippen LogP contribution in [0, 0.1) is 17.2 Å². The van der Waals surface area contributed by atoms with Crippen molar-refractivity contribution in [3.05, 3.63) is 12.2 Å². The molecule has 2 aliphatic heterocycles. The van der Waals surface area contributed by atoms with Crippen LogP contribution in [-0.4, -0.2) is 43.4 Å². The number of carbonyl (C=O) groups excluding carboxylic acids is 1. The van der Waals surface area contributed by atoms with Crippen LogP contribution < -0.4 is 0 Å². The first-order chi connectivity index (χ1) is 10.9.